The van der Waals surface area contributed by atoms with Gasteiger partial charge in [0.15, 0.2) is 0 Å². The lowest BCUT2D eigenvalue weighted by Gasteiger charge is -2.23. The predicted molar refractivity (Wildman–Crippen MR) is 169 cm³/mol. The van der Waals surface area contributed by atoms with Crippen LogP contribution in [0.5, 0.6) is 11.6 Å². The number of nitrogens with zero attached hydrogens (tertiary/aromatic N) is 3. The minimum absolute atomic E-state index is 0.0424. The zero-order valence-corrected chi connectivity index (χ0v) is 25.8. The molecule has 3 N–H and O–H groups in total. The molecule has 40 heavy (non-hydrogen) atoms. The second-order valence-electron chi connectivity index (χ2n) is 10.7. The largest absolute Gasteiger partial charge is 0.437 e. The van der Waals surface area contributed by atoms with Crippen LogP contribution < -0.4 is 20.1 Å². The molecule has 2 atom stereocenters. The fraction of sp³-hybridized carbons (Fsp3) is 0.433. The summed E-state index contributed by atoms with van der Waals surface area (Å²) in [4.78, 5) is 14.8. The smallest absolute Gasteiger partial charge is 0.240 e. The van der Waals surface area contributed by atoms with Crippen molar-refractivity contribution in [3.05, 3.63) is 53.7 Å². The number of aryl methyl sites for hydroxylation is 1. The SMILES string of the molecule is CC.Cc1nc(Oc2ccc(NS(=O)CC(C)(C)C)c3ccccc23)c(-c2ccnc(NC3CCCNC3)n2)s1. The number of rotatable bonds is 8. The summed E-state index contributed by atoms with van der Waals surface area (Å²) < 4.78 is 22.4. The molecule has 0 radical (unpaired) electrons. The first kappa shape index (κ1) is 29.9. The van der Waals surface area contributed by atoms with Crippen molar-refractivity contribution in [2.45, 2.75) is 60.4 Å². The van der Waals surface area contributed by atoms with Gasteiger partial charge in [0.25, 0.3) is 0 Å². The topological polar surface area (TPSA) is 101 Å². The number of hydrogen-bond acceptors (Lipinski definition) is 8. The first-order valence-electron chi connectivity index (χ1n) is 13.9. The third-order valence-corrected chi connectivity index (χ3v) is 8.65. The molecule has 2 aromatic heterocycles. The van der Waals surface area contributed by atoms with Crippen molar-refractivity contribution in [3.63, 3.8) is 0 Å². The second-order valence-corrected chi connectivity index (χ2v) is 13.1. The Hall–Kier alpha value is -3.08. The molecule has 5 rings (SSSR count). The fourth-order valence-corrected chi connectivity index (χ4v) is 6.56. The summed E-state index contributed by atoms with van der Waals surface area (Å²) in [5.74, 6) is 2.35. The van der Waals surface area contributed by atoms with Crippen LogP contribution in [0.1, 0.15) is 52.5 Å². The maximum absolute atomic E-state index is 12.7. The number of thiazole rings is 1. The molecule has 10 heteroatoms. The molecule has 3 heterocycles. The summed E-state index contributed by atoms with van der Waals surface area (Å²) in [6, 6.07) is 14.0. The highest BCUT2D eigenvalue weighted by atomic mass is 32.2. The lowest BCUT2D eigenvalue weighted by Crippen LogP contribution is -2.38. The van der Waals surface area contributed by atoms with E-state index in [1.165, 1.54) is 0 Å². The van der Waals surface area contributed by atoms with Crippen molar-refractivity contribution in [3.8, 4) is 22.2 Å². The molecule has 214 valence electrons. The van der Waals surface area contributed by atoms with Crippen LogP contribution in [0, 0.1) is 12.3 Å². The molecule has 1 aliphatic heterocycles. The zero-order valence-electron chi connectivity index (χ0n) is 24.2. The lowest BCUT2D eigenvalue weighted by atomic mass is 10.0. The van der Waals surface area contributed by atoms with Gasteiger partial charge in [0, 0.05) is 35.3 Å². The first-order chi connectivity index (χ1) is 19.2. The third kappa shape index (κ3) is 7.77. The summed E-state index contributed by atoms with van der Waals surface area (Å²) >= 11 is 1.54. The predicted octanol–water partition coefficient (Wildman–Crippen LogP) is 7.17. The average Bonchev–Trinajstić information content (AvgIpc) is 3.31. The molecular formula is C30H40N6O2S2. The molecule has 1 aliphatic rings. The van der Waals surface area contributed by atoms with Gasteiger partial charge in [-0.25, -0.2) is 19.2 Å². The monoisotopic (exact) mass is 580 g/mol. The minimum atomic E-state index is -1.20. The molecule has 4 aromatic rings. The minimum Gasteiger partial charge on any atom is -0.437 e. The summed E-state index contributed by atoms with van der Waals surface area (Å²) in [5, 5.41) is 9.61. The summed E-state index contributed by atoms with van der Waals surface area (Å²) in [6.45, 7) is 14.2. The van der Waals surface area contributed by atoms with Crippen molar-refractivity contribution >= 4 is 44.7 Å². The molecule has 0 spiro atoms. The first-order valence-corrected chi connectivity index (χ1v) is 16.0. The number of anilines is 2. The third-order valence-electron chi connectivity index (χ3n) is 6.10. The highest BCUT2D eigenvalue weighted by molar-refractivity contribution is 7.86. The number of fused-ring (bicyclic) bond motifs is 1. The van der Waals surface area contributed by atoms with E-state index in [-0.39, 0.29) is 5.41 Å². The zero-order chi connectivity index (χ0) is 28.7. The van der Waals surface area contributed by atoms with E-state index in [1.807, 2.05) is 63.2 Å². The van der Waals surface area contributed by atoms with Crippen LogP contribution in [-0.2, 0) is 11.0 Å². The Morgan fingerprint density at radius 3 is 2.60 bits per heavy atom. The van der Waals surface area contributed by atoms with Gasteiger partial charge >= 0.3 is 0 Å². The standard InChI is InChI=1S/C28H34N6O2S2.C2H6/c1-18-31-26(25(37-18)23-13-15-30-27(33-23)32-19-8-7-14-29-16-19)36-24-12-11-22(20-9-5-6-10-21(20)24)34-38(35)17-28(2,3)4;1-2/h5-6,9-13,15,19,29,34H,7-8,14,16-17H2,1-4H3,(H,30,32,33);1-2H3. The van der Waals surface area contributed by atoms with E-state index < -0.39 is 11.0 Å². The van der Waals surface area contributed by atoms with Crippen LogP contribution in [0.15, 0.2) is 48.7 Å². The quantitative estimate of drug-likeness (QED) is 0.203. The number of benzene rings is 2. The molecule has 2 unspecified atom stereocenters. The maximum Gasteiger partial charge on any atom is 0.240 e. The molecule has 0 bridgehead atoms. The maximum atomic E-state index is 12.7. The van der Waals surface area contributed by atoms with E-state index in [2.05, 4.69) is 46.1 Å². The van der Waals surface area contributed by atoms with Gasteiger partial charge in [0.1, 0.15) is 21.6 Å². The van der Waals surface area contributed by atoms with Crippen LogP contribution in [0.4, 0.5) is 11.6 Å². The number of piperidine rings is 1. The Balaban J connectivity index is 0.00000181. The number of hydrogen-bond donors (Lipinski definition) is 3. The van der Waals surface area contributed by atoms with E-state index in [9.17, 15) is 4.21 Å². The van der Waals surface area contributed by atoms with E-state index >= 15 is 0 Å². The highest BCUT2D eigenvalue weighted by Crippen LogP contribution is 2.40. The summed E-state index contributed by atoms with van der Waals surface area (Å²) in [6.07, 6.45) is 4.00. The van der Waals surface area contributed by atoms with Gasteiger partial charge in [-0.1, -0.05) is 58.9 Å². The van der Waals surface area contributed by atoms with Crippen LogP contribution in [0.2, 0.25) is 0 Å². The van der Waals surface area contributed by atoms with E-state index in [1.54, 1.807) is 17.5 Å². The van der Waals surface area contributed by atoms with Gasteiger partial charge in [-0.3, -0.25) is 0 Å². The normalized spacial score (nSPS) is 16.1. The summed E-state index contributed by atoms with van der Waals surface area (Å²) in [7, 11) is -1.20. The number of ether oxygens (including phenoxy) is 1. The molecule has 8 nitrogen and oxygen atoms in total. The van der Waals surface area contributed by atoms with Gasteiger partial charge in [-0.15, -0.1) is 11.3 Å². The van der Waals surface area contributed by atoms with Crippen LogP contribution in [0.25, 0.3) is 21.3 Å². The van der Waals surface area contributed by atoms with Crippen molar-refractivity contribution in [1.82, 2.24) is 20.3 Å². The van der Waals surface area contributed by atoms with E-state index in [4.69, 9.17) is 9.72 Å². The van der Waals surface area contributed by atoms with Crippen molar-refractivity contribution in [2.75, 3.05) is 28.9 Å². The molecule has 2 aromatic carbocycles. The second kappa shape index (κ2) is 13.5. The average molecular weight is 581 g/mol. The van der Waals surface area contributed by atoms with Crippen LogP contribution in [0.3, 0.4) is 0 Å². The van der Waals surface area contributed by atoms with Crippen molar-refractivity contribution in [1.29, 1.82) is 0 Å². The van der Waals surface area contributed by atoms with E-state index in [0.29, 0.717) is 29.4 Å². The molecule has 1 fully saturated rings. The van der Waals surface area contributed by atoms with Crippen molar-refractivity contribution in [2.24, 2.45) is 5.41 Å². The van der Waals surface area contributed by atoms with Gasteiger partial charge in [0.05, 0.1) is 16.4 Å². The molecule has 0 amide bonds. The summed E-state index contributed by atoms with van der Waals surface area (Å²) in [5.41, 5.74) is 1.54. The number of nitrogens with one attached hydrogen (secondary N) is 3. The van der Waals surface area contributed by atoms with Crippen LogP contribution in [-0.4, -0.2) is 44.0 Å². The molecular weight excluding hydrogens is 541 g/mol. The molecule has 1 saturated heterocycles. The molecule has 0 saturated carbocycles. The van der Waals surface area contributed by atoms with E-state index in [0.717, 1.165) is 58.0 Å². The fourth-order valence-electron chi connectivity index (χ4n) is 4.46. The van der Waals surface area contributed by atoms with Gasteiger partial charge in [0.2, 0.25) is 11.8 Å². The Bertz CT molecular complexity index is 1440. The van der Waals surface area contributed by atoms with Crippen LogP contribution >= 0.6 is 11.3 Å². The lowest BCUT2D eigenvalue weighted by molar-refractivity contribution is 0.472. The van der Waals surface area contributed by atoms with Gasteiger partial charge < -0.3 is 20.1 Å². The Kier molecular flexibility index (Phi) is 10.1. The highest BCUT2D eigenvalue weighted by Gasteiger charge is 2.20. The Morgan fingerprint density at radius 2 is 1.88 bits per heavy atom. The Morgan fingerprint density at radius 1 is 1.10 bits per heavy atom. The van der Waals surface area contributed by atoms with Crippen molar-refractivity contribution < 1.29 is 8.95 Å². The molecule has 0 aliphatic carbocycles. The van der Waals surface area contributed by atoms with Gasteiger partial charge in [-0.05, 0) is 49.9 Å². The van der Waals surface area contributed by atoms with Gasteiger partial charge in [-0.2, -0.15) is 0 Å². The Labute approximate surface area is 244 Å². The number of aromatic nitrogens is 3.